The maximum atomic E-state index is 13.5. The van der Waals surface area contributed by atoms with E-state index in [1.54, 1.807) is 64.5 Å². The van der Waals surface area contributed by atoms with Crippen LogP contribution in [0, 0.1) is 0 Å². The van der Waals surface area contributed by atoms with Gasteiger partial charge in [0.25, 0.3) is 5.91 Å². The fraction of sp³-hybridized carbons (Fsp3) is 0.282. The largest absolute Gasteiger partial charge is 0.497 e. The molecule has 0 radical (unpaired) electrons. The predicted molar refractivity (Wildman–Crippen MR) is 187 cm³/mol. The molecular formula is C39H39NO10. The van der Waals surface area contributed by atoms with E-state index < -0.39 is 41.7 Å². The van der Waals surface area contributed by atoms with Gasteiger partial charge < -0.3 is 43.6 Å². The summed E-state index contributed by atoms with van der Waals surface area (Å²) < 4.78 is 34.5. The van der Waals surface area contributed by atoms with Crippen LogP contribution in [0.2, 0.25) is 0 Å². The SMILES string of the molecule is COc1cccc(-c2cc(C(=O)Nc3cc4ccc(O[C@@H]5OC(C)(C)C(OC)C(O)C5O)c(Cc5ccccc5)c4oc3=O)ccc2OC)c1. The molecule has 3 N–H and O–H groups in total. The molecule has 260 valence electrons. The van der Waals surface area contributed by atoms with Gasteiger partial charge in [-0.3, -0.25) is 4.79 Å². The number of aliphatic hydroxyl groups excluding tert-OH is 2. The van der Waals surface area contributed by atoms with Gasteiger partial charge in [0, 0.05) is 35.6 Å². The van der Waals surface area contributed by atoms with Crippen molar-refractivity contribution in [2.75, 3.05) is 26.6 Å². The molecule has 1 aromatic heterocycles. The highest BCUT2D eigenvalue weighted by Gasteiger charge is 2.50. The third kappa shape index (κ3) is 6.94. The molecule has 0 spiro atoms. The number of benzene rings is 4. The number of hydrogen-bond acceptors (Lipinski definition) is 10. The number of anilines is 1. The summed E-state index contributed by atoms with van der Waals surface area (Å²) in [6.07, 6.45) is -4.46. The molecule has 1 fully saturated rings. The van der Waals surface area contributed by atoms with Crippen molar-refractivity contribution in [3.63, 3.8) is 0 Å². The number of amides is 1. The first-order valence-corrected chi connectivity index (χ1v) is 16.0. The van der Waals surface area contributed by atoms with Crippen molar-refractivity contribution in [3.8, 4) is 28.4 Å². The van der Waals surface area contributed by atoms with Crippen LogP contribution < -0.4 is 25.2 Å². The van der Waals surface area contributed by atoms with Crippen molar-refractivity contribution in [2.24, 2.45) is 0 Å². The molecule has 1 aliphatic rings. The second-order valence-corrected chi connectivity index (χ2v) is 12.5. The number of carbonyl (C=O) groups is 1. The van der Waals surface area contributed by atoms with Crippen molar-refractivity contribution in [2.45, 2.75) is 50.5 Å². The Morgan fingerprint density at radius 2 is 1.62 bits per heavy atom. The molecule has 0 saturated carbocycles. The average molecular weight is 682 g/mol. The number of rotatable bonds is 10. The van der Waals surface area contributed by atoms with Gasteiger partial charge in [-0.25, -0.2) is 4.79 Å². The minimum atomic E-state index is -1.43. The lowest BCUT2D eigenvalue weighted by Crippen LogP contribution is -2.63. The molecule has 1 amide bonds. The summed E-state index contributed by atoms with van der Waals surface area (Å²) in [5, 5.41) is 24.9. The summed E-state index contributed by atoms with van der Waals surface area (Å²) in [6.45, 7) is 3.47. The molecular weight excluding hydrogens is 642 g/mol. The smallest absolute Gasteiger partial charge is 0.360 e. The van der Waals surface area contributed by atoms with E-state index in [0.29, 0.717) is 40.0 Å². The molecule has 4 atom stereocenters. The number of carbonyl (C=O) groups excluding carboxylic acids is 1. The predicted octanol–water partition coefficient (Wildman–Crippen LogP) is 5.57. The van der Waals surface area contributed by atoms with E-state index in [-0.39, 0.29) is 17.0 Å². The minimum absolute atomic E-state index is 0.0536. The third-order valence-corrected chi connectivity index (χ3v) is 8.82. The molecule has 5 aromatic rings. The molecule has 11 nitrogen and oxygen atoms in total. The summed E-state index contributed by atoms with van der Waals surface area (Å²) in [5.74, 6) is 0.975. The summed E-state index contributed by atoms with van der Waals surface area (Å²) in [6, 6.07) is 26.8. The lowest BCUT2D eigenvalue weighted by atomic mass is 9.89. The highest BCUT2D eigenvalue weighted by Crippen LogP contribution is 2.37. The molecule has 50 heavy (non-hydrogen) atoms. The first-order chi connectivity index (χ1) is 24.0. The first kappa shape index (κ1) is 34.7. The van der Waals surface area contributed by atoms with Gasteiger partial charge in [0.2, 0.25) is 6.29 Å². The van der Waals surface area contributed by atoms with E-state index in [1.165, 1.54) is 7.11 Å². The van der Waals surface area contributed by atoms with Crippen LogP contribution in [0.5, 0.6) is 17.2 Å². The Labute approximate surface area is 288 Å². The third-order valence-electron chi connectivity index (χ3n) is 8.82. The Morgan fingerprint density at radius 1 is 0.860 bits per heavy atom. The van der Waals surface area contributed by atoms with Crippen LogP contribution in [0.4, 0.5) is 5.69 Å². The zero-order valence-electron chi connectivity index (χ0n) is 28.3. The number of hydrogen-bond donors (Lipinski definition) is 3. The quantitative estimate of drug-likeness (QED) is 0.160. The monoisotopic (exact) mass is 681 g/mol. The maximum absolute atomic E-state index is 13.5. The zero-order chi connectivity index (χ0) is 35.6. The van der Waals surface area contributed by atoms with Gasteiger partial charge >= 0.3 is 5.63 Å². The van der Waals surface area contributed by atoms with Crippen molar-refractivity contribution >= 4 is 22.6 Å². The number of aliphatic hydroxyl groups is 2. The molecule has 1 saturated heterocycles. The lowest BCUT2D eigenvalue weighted by Gasteiger charge is -2.46. The van der Waals surface area contributed by atoms with Gasteiger partial charge in [0.1, 0.15) is 46.8 Å². The molecule has 1 aliphatic heterocycles. The Kier molecular flexibility index (Phi) is 9.94. The summed E-state index contributed by atoms with van der Waals surface area (Å²) >= 11 is 0. The van der Waals surface area contributed by atoms with E-state index in [2.05, 4.69) is 5.32 Å². The van der Waals surface area contributed by atoms with Gasteiger partial charge in [0.05, 0.1) is 19.8 Å². The molecule has 3 unspecified atom stereocenters. The second kappa shape index (κ2) is 14.3. The summed E-state index contributed by atoms with van der Waals surface area (Å²) in [7, 11) is 4.56. The van der Waals surface area contributed by atoms with E-state index >= 15 is 0 Å². The van der Waals surface area contributed by atoms with Crippen LogP contribution >= 0.6 is 0 Å². The average Bonchev–Trinajstić information content (AvgIpc) is 3.12. The van der Waals surface area contributed by atoms with Crippen LogP contribution in [-0.2, 0) is 15.9 Å². The molecule has 4 aromatic carbocycles. The maximum Gasteiger partial charge on any atom is 0.360 e. The number of ether oxygens (including phenoxy) is 5. The Balaban J connectivity index is 1.34. The lowest BCUT2D eigenvalue weighted by molar-refractivity contribution is -0.306. The zero-order valence-corrected chi connectivity index (χ0v) is 28.3. The van der Waals surface area contributed by atoms with Crippen molar-refractivity contribution in [1.29, 1.82) is 0 Å². The van der Waals surface area contributed by atoms with Gasteiger partial charge in [0.15, 0.2) is 0 Å². The van der Waals surface area contributed by atoms with Gasteiger partial charge in [-0.15, -0.1) is 0 Å². The van der Waals surface area contributed by atoms with Crippen LogP contribution in [0.25, 0.3) is 22.1 Å². The fourth-order valence-corrected chi connectivity index (χ4v) is 6.28. The Morgan fingerprint density at radius 3 is 2.34 bits per heavy atom. The summed E-state index contributed by atoms with van der Waals surface area (Å²) in [5.41, 5.74) is 1.58. The topological polar surface area (TPSA) is 146 Å². The van der Waals surface area contributed by atoms with Crippen molar-refractivity contribution in [1.82, 2.24) is 0 Å². The molecule has 6 rings (SSSR count). The Bertz CT molecular complexity index is 2060. The van der Waals surface area contributed by atoms with E-state index in [0.717, 1.165) is 11.1 Å². The molecule has 0 aliphatic carbocycles. The van der Waals surface area contributed by atoms with Gasteiger partial charge in [-0.05, 0) is 73.5 Å². The normalized spacial score (nSPS) is 19.9. The summed E-state index contributed by atoms with van der Waals surface area (Å²) in [4.78, 5) is 26.9. The number of methoxy groups -OCH3 is 3. The minimum Gasteiger partial charge on any atom is -0.497 e. The van der Waals surface area contributed by atoms with Gasteiger partial charge in [-0.2, -0.15) is 0 Å². The molecule has 11 heteroatoms. The highest BCUT2D eigenvalue weighted by molar-refractivity contribution is 6.06. The van der Waals surface area contributed by atoms with Crippen LogP contribution in [0.3, 0.4) is 0 Å². The first-order valence-electron chi connectivity index (χ1n) is 16.0. The molecule has 0 bridgehead atoms. The van der Waals surface area contributed by atoms with Crippen LogP contribution in [0.15, 0.2) is 100 Å². The fourth-order valence-electron chi connectivity index (χ4n) is 6.28. The van der Waals surface area contributed by atoms with Crippen LogP contribution in [-0.4, -0.2) is 67.7 Å². The Hall–Kier alpha value is -5.20. The van der Waals surface area contributed by atoms with Crippen LogP contribution in [0.1, 0.15) is 35.3 Å². The van der Waals surface area contributed by atoms with Crippen molar-refractivity contribution in [3.05, 3.63) is 118 Å². The second-order valence-electron chi connectivity index (χ2n) is 12.5. The van der Waals surface area contributed by atoms with E-state index in [4.69, 9.17) is 28.1 Å². The molecule has 2 heterocycles. The van der Waals surface area contributed by atoms with E-state index in [9.17, 15) is 19.8 Å². The standard InChI is InChI=1S/C39H39NO10/c1-39(2)35(47-5)32(41)33(42)38(50-39)48-31-17-14-24-21-29(37(44)49-34(24)28(31)18-22-10-7-6-8-11-22)40-36(43)25-15-16-30(46-4)27(20-25)23-12-9-13-26(19-23)45-3/h6-17,19-21,32-33,35,38,41-42H,18H2,1-5H3,(H,40,43)/t32?,33?,35?,38-/m1/s1. The van der Waals surface area contributed by atoms with E-state index in [1.807, 2.05) is 54.6 Å². The van der Waals surface area contributed by atoms with Crippen molar-refractivity contribution < 1.29 is 43.1 Å². The highest BCUT2D eigenvalue weighted by atomic mass is 16.7. The van der Waals surface area contributed by atoms with Gasteiger partial charge in [-0.1, -0.05) is 42.5 Å². The number of nitrogens with one attached hydrogen (secondary N) is 1. The number of fused-ring (bicyclic) bond motifs is 1.